The highest BCUT2D eigenvalue weighted by molar-refractivity contribution is 5.75. The van der Waals surface area contributed by atoms with Crippen molar-refractivity contribution in [1.29, 1.82) is 0 Å². The number of hydrogen-bond acceptors (Lipinski definition) is 4. The van der Waals surface area contributed by atoms with Crippen molar-refractivity contribution in [3.05, 3.63) is 0 Å². The van der Waals surface area contributed by atoms with E-state index in [2.05, 4.69) is 17.0 Å². The van der Waals surface area contributed by atoms with Gasteiger partial charge < -0.3 is 15.8 Å². The number of hydrogen-bond donors (Lipinski definition) is 2. The summed E-state index contributed by atoms with van der Waals surface area (Å²) in [6, 6.07) is -0.187. The van der Waals surface area contributed by atoms with Gasteiger partial charge >= 0.3 is 5.97 Å². The molecule has 4 heteroatoms. The zero-order valence-corrected chi connectivity index (χ0v) is 8.51. The molecule has 3 N–H and O–H groups in total. The Kier molecular flexibility index (Phi) is 7.63. The standard InChI is InChI=1S/C9H20N2O2/c1-3-4-5-8(9(12)13-2)11-7-6-10/h8,11H,3-7,10H2,1-2H3. The van der Waals surface area contributed by atoms with Gasteiger partial charge in [0.25, 0.3) is 0 Å². The zero-order chi connectivity index (χ0) is 10.1. The monoisotopic (exact) mass is 188 g/mol. The van der Waals surface area contributed by atoms with Crippen LogP contribution < -0.4 is 11.1 Å². The highest BCUT2D eigenvalue weighted by Gasteiger charge is 2.16. The third kappa shape index (κ3) is 5.60. The van der Waals surface area contributed by atoms with E-state index in [-0.39, 0.29) is 12.0 Å². The van der Waals surface area contributed by atoms with Crippen LogP contribution in [0.25, 0.3) is 0 Å². The van der Waals surface area contributed by atoms with Gasteiger partial charge in [0.15, 0.2) is 0 Å². The van der Waals surface area contributed by atoms with E-state index in [0.29, 0.717) is 13.1 Å². The largest absolute Gasteiger partial charge is 0.468 e. The van der Waals surface area contributed by atoms with Crippen molar-refractivity contribution in [2.24, 2.45) is 5.73 Å². The first-order chi connectivity index (χ1) is 6.26. The molecule has 0 heterocycles. The van der Waals surface area contributed by atoms with Crippen LogP contribution in [0.3, 0.4) is 0 Å². The van der Waals surface area contributed by atoms with Gasteiger partial charge in [0.1, 0.15) is 6.04 Å². The fourth-order valence-electron chi connectivity index (χ4n) is 1.11. The van der Waals surface area contributed by atoms with Crippen LogP contribution in [0.15, 0.2) is 0 Å². The summed E-state index contributed by atoms with van der Waals surface area (Å²) < 4.78 is 4.66. The van der Waals surface area contributed by atoms with Gasteiger partial charge in [-0.1, -0.05) is 19.8 Å². The lowest BCUT2D eigenvalue weighted by Gasteiger charge is -2.15. The van der Waals surface area contributed by atoms with E-state index in [4.69, 9.17) is 5.73 Å². The van der Waals surface area contributed by atoms with Gasteiger partial charge in [0.2, 0.25) is 0 Å². The van der Waals surface area contributed by atoms with Gasteiger partial charge in [-0.15, -0.1) is 0 Å². The summed E-state index contributed by atoms with van der Waals surface area (Å²) in [6.07, 6.45) is 2.93. The highest BCUT2D eigenvalue weighted by atomic mass is 16.5. The van der Waals surface area contributed by atoms with Crippen molar-refractivity contribution >= 4 is 5.97 Å². The molecule has 1 atom stereocenters. The van der Waals surface area contributed by atoms with E-state index in [1.807, 2.05) is 0 Å². The molecule has 0 bridgehead atoms. The van der Waals surface area contributed by atoms with E-state index >= 15 is 0 Å². The molecule has 0 saturated heterocycles. The Hall–Kier alpha value is -0.610. The SMILES string of the molecule is CCCCC(NCCN)C(=O)OC. The third-order valence-corrected chi connectivity index (χ3v) is 1.87. The lowest BCUT2D eigenvalue weighted by atomic mass is 10.1. The molecule has 4 nitrogen and oxygen atoms in total. The summed E-state index contributed by atoms with van der Waals surface area (Å²) in [5.74, 6) is -0.193. The Morgan fingerprint density at radius 3 is 2.77 bits per heavy atom. The summed E-state index contributed by atoms with van der Waals surface area (Å²) in [7, 11) is 1.41. The third-order valence-electron chi connectivity index (χ3n) is 1.87. The Balaban J connectivity index is 3.79. The quantitative estimate of drug-likeness (QED) is 0.563. The maximum atomic E-state index is 11.2. The predicted octanol–water partition coefficient (Wildman–Crippen LogP) is 0.267. The lowest BCUT2D eigenvalue weighted by Crippen LogP contribution is -2.40. The molecular weight excluding hydrogens is 168 g/mol. The van der Waals surface area contributed by atoms with Crippen LogP contribution in [0.1, 0.15) is 26.2 Å². The van der Waals surface area contributed by atoms with Gasteiger partial charge in [-0.25, -0.2) is 0 Å². The van der Waals surface area contributed by atoms with E-state index in [9.17, 15) is 4.79 Å². The first-order valence-electron chi connectivity index (χ1n) is 4.77. The Bertz CT molecular complexity index is 132. The highest BCUT2D eigenvalue weighted by Crippen LogP contribution is 2.01. The van der Waals surface area contributed by atoms with Crippen molar-refractivity contribution in [1.82, 2.24) is 5.32 Å². The number of methoxy groups -OCH3 is 1. The van der Waals surface area contributed by atoms with E-state index in [1.54, 1.807) is 0 Å². The van der Waals surface area contributed by atoms with Crippen LogP contribution in [0.2, 0.25) is 0 Å². The fourth-order valence-corrected chi connectivity index (χ4v) is 1.11. The van der Waals surface area contributed by atoms with Crippen molar-refractivity contribution in [2.75, 3.05) is 20.2 Å². The molecular formula is C9H20N2O2. The number of rotatable bonds is 7. The molecule has 0 fully saturated rings. The Morgan fingerprint density at radius 1 is 1.62 bits per heavy atom. The van der Waals surface area contributed by atoms with Crippen LogP contribution in [-0.2, 0) is 9.53 Å². The van der Waals surface area contributed by atoms with Crippen molar-refractivity contribution in [3.63, 3.8) is 0 Å². The molecule has 78 valence electrons. The second kappa shape index (κ2) is 8.01. The van der Waals surface area contributed by atoms with E-state index in [0.717, 1.165) is 19.3 Å². The average Bonchev–Trinajstić information content (AvgIpc) is 2.17. The number of nitrogens with one attached hydrogen (secondary N) is 1. The number of carbonyl (C=O) groups is 1. The Morgan fingerprint density at radius 2 is 2.31 bits per heavy atom. The van der Waals surface area contributed by atoms with Gasteiger partial charge in [0, 0.05) is 13.1 Å². The van der Waals surface area contributed by atoms with E-state index in [1.165, 1.54) is 7.11 Å². The summed E-state index contributed by atoms with van der Waals surface area (Å²) >= 11 is 0. The molecule has 0 aromatic heterocycles. The second-order valence-electron chi connectivity index (χ2n) is 2.96. The van der Waals surface area contributed by atoms with Gasteiger partial charge in [-0.05, 0) is 6.42 Å². The average molecular weight is 188 g/mol. The minimum atomic E-state index is -0.193. The van der Waals surface area contributed by atoms with Gasteiger partial charge in [0.05, 0.1) is 7.11 Å². The maximum absolute atomic E-state index is 11.2. The van der Waals surface area contributed by atoms with Crippen LogP contribution >= 0.6 is 0 Å². The number of ether oxygens (including phenoxy) is 1. The molecule has 0 radical (unpaired) electrons. The summed E-state index contributed by atoms with van der Waals surface area (Å²) in [6.45, 7) is 3.29. The van der Waals surface area contributed by atoms with Gasteiger partial charge in [-0.3, -0.25) is 4.79 Å². The molecule has 1 unspecified atom stereocenters. The summed E-state index contributed by atoms with van der Waals surface area (Å²) in [4.78, 5) is 11.2. The number of esters is 1. The molecule has 0 saturated carbocycles. The first kappa shape index (κ1) is 12.4. The number of carbonyl (C=O) groups excluding carboxylic acids is 1. The molecule has 13 heavy (non-hydrogen) atoms. The molecule has 0 aromatic carbocycles. The van der Waals surface area contributed by atoms with Gasteiger partial charge in [-0.2, -0.15) is 0 Å². The molecule has 0 aliphatic carbocycles. The topological polar surface area (TPSA) is 64.3 Å². The molecule has 0 aliphatic rings. The zero-order valence-electron chi connectivity index (χ0n) is 8.51. The van der Waals surface area contributed by atoms with Crippen molar-refractivity contribution in [3.8, 4) is 0 Å². The van der Waals surface area contributed by atoms with Crippen LogP contribution in [-0.4, -0.2) is 32.2 Å². The molecule has 0 aromatic rings. The lowest BCUT2D eigenvalue weighted by molar-refractivity contribution is -0.143. The summed E-state index contributed by atoms with van der Waals surface area (Å²) in [5, 5.41) is 3.06. The Labute approximate surface area is 79.8 Å². The van der Waals surface area contributed by atoms with Crippen molar-refractivity contribution in [2.45, 2.75) is 32.2 Å². The molecule has 0 spiro atoms. The fraction of sp³-hybridized carbons (Fsp3) is 0.889. The number of unbranched alkanes of at least 4 members (excludes halogenated alkanes) is 1. The smallest absolute Gasteiger partial charge is 0.322 e. The van der Waals surface area contributed by atoms with Crippen molar-refractivity contribution < 1.29 is 9.53 Å². The van der Waals surface area contributed by atoms with Crippen LogP contribution in [0.5, 0.6) is 0 Å². The summed E-state index contributed by atoms with van der Waals surface area (Å²) in [5.41, 5.74) is 5.33. The maximum Gasteiger partial charge on any atom is 0.322 e. The molecule has 0 rings (SSSR count). The predicted molar refractivity (Wildman–Crippen MR) is 52.4 cm³/mol. The number of nitrogens with two attached hydrogens (primary N) is 1. The first-order valence-corrected chi connectivity index (χ1v) is 4.77. The minimum absolute atomic E-state index is 0.187. The minimum Gasteiger partial charge on any atom is -0.468 e. The second-order valence-corrected chi connectivity index (χ2v) is 2.96. The van der Waals surface area contributed by atoms with Crippen LogP contribution in [0, 0.1) is 0 Å². The normalized spacial score (nSPS) is 12.5. The molecule has 0 amide bonds. The van der Waals surface area contributed by atoms with Crippen LogP contribution in [0.4, 0.5) is 0 Å². The molecule has 0 aliphatic heterocycles. The van der Waals surface area contributed by atoms with E-state index < -0.39 is 0 Å².